The van der Waals surface area contributed by atoms with E-state index in [-0.39, 0.29) is 36.4 Å². The van der Waals surface area contributed by atoms with Gasteiger partial charge < -0.3 is 20.3 Å². The molecule has 130 valence electrons. The lowest BCUT2D eigenvalue weighted by Crippen LogP contribution is -2.47. The Bertz CT molecular complexity index is 357. The number of rotatable bonds is 8. The fraction of sp³-hybridized carbons (Fsp3) is 0.867. The number of methoxy groups -OCH3 is 1. The Balaban J connectivity index is 0.00000441. The number of hydrogen-bond donors (Lipinski definition) is 2. The van der Waals surface area contributed by atoms with Crippen LogP contribution in [0.15, 0.2) is 4.99 Å². The normalized spacial score (nSPS) is 16.3. The molecule has 1 aliphatic carbocycles. The second kappa shape index (κ2) is 11.0. The monoisotopic (exact) mass is 426 g/mol. The molecule has 6 nitrogen and oxygen atoms in total. The maximum absolute atomic E-state index is 11.6. The van der Waals surface area contributed by atoms with Crippen molar-refractivity contribution in [3.63, 3.8) is 0 Å². The highest BCUT2D eigenvalue weighted by molar-refractivity contribution is 14.0. The van der Waals surface area contributed by atoms with Crippen LogP contribution in [-0.2, 0) is 9.53 Å². The lowest BCUT2D eigenvalue weighted by Gasteiger charge is -2.42. The Kier molecular flexibility index (Phi) is 10.8. The molecule has 0 bridgehead atoms. The number of guanidine groups is 1. The van der Waals surface area contributed by atoms with E-state index in [1.54, 1.807) is 26.1 Å². The molecular formula is C15H31IN4O2. The smallest absolute Gasteiger partial charge is 0.243 e. The van der Waals surface area contributed by atoms with Gasteiger partial charge in [-0.05, 0) is 31.6 Å². The molecule has 0 spiro atoms. The van der Waals surface area contributed by atoms with Crippen molar-refractivity contribution < 1.29 is 9.53 Å². The van der Waals surface area contributed by atoms with Crippen LogP contribution in [0.1, 0.15) is 32.6 Å². The third-order valence-electron chi connectivity index (χ3n) is 4.10. The molecule has 1 aliphatic rings. The fourth-order valence-corrected chi connectivity index (χ4v) is 2.41. The standard InChI is InChI=1S/C15H30N4O2.HI/c1-5-16-14(17-11-13(20)19(2)3)18-12-15(7-6-8-15)9-10-21-4;/h5-12H2,1-4H3,(H2,16,17,18);1H. The van der Waals surface area contributed by atoms with Gasteiger partial charge in [0.1, 0.15) is 6.54 Å². The second-order valence-electron chi connectivity index (χ2n) is 5.93. The average Bonchev–Trinajstić information content (AvgIpc) is 2.42. The van der Waals surface area contributed by atoms with Crippen molar-refractivity contribution in [1.29, 1.82) is 0 Å². The molecule has 2 N–H and O–H groups in total. The van der Waals surface area contributed by atoms with Crippen molar-refractivity contribution in [2.75, 3.05) is 47.4 Å². The Labute approximate surface area is 151 Å². The molecule has 7 heteroatoms. The van der Waals surface area contributed by atoms with Crippen LogP contribution in [0.3, 0.4) is 0 Å². The zero-order chi connectivity index (χ0) is 15.7. The van der Waals surface area contributed by atoms with E-state index in [1.807, 2.05) is 6.92 Å². The molecule has 0 saturated heterocycles. The highest BCUT2D eigenvalue weighted by atomic mass is 127. The van der Waals surface area contributed by atoms with E-state index >= 15 is 0 Å². The quantitative estimate of drug-likeness (QED) is 0.351. The first-order chi connectivity index (χ1) is 10.0. The van der Waals surface area contributed by atoms with E-state index in [0.29, 0.717) is 5.41 Å². The number of carbonyl (C=O) groups is 1. The number of halogens is 1. The maximum atomic E-state index is 11.6. The molecular weight excluding hydrogens is 395 g/mol. The molecule has 0 radical (unpaired) electrons. The SMILES string of the molecule is CCNC(=NCC(=O)N(C)C)NCC1(CCOC)CCC1.I. The molecule has 0 aliphatic heterocycles. The maximum Gasteiger partial charge on any atom is 0.243 e. The first-order valence-electron chi connectivity index (χ1n) is 7.74. The highest BCUT2D eigenvalue weighted by Crippen LogP contribution is 2.43. The highest BCUT2D eigenvalue weighted by Gasteiger charge is 2.36. The minimum Gasteiger partial charge on any atom is -0.385 e. The molecule has 0 unspecified atom stereocenters. The lowest BCUT2D eigenvalue weighted by atomic mass is 9.67. The van der Waals surface area contributed by atoms with E-state index in [0.717, 1.165) is 32.1 Å². The largest absolute Gasteiger partial charge is 0.385 e. The van der Waals surface area contributed by atoms with Gasteiger partial charge in [-0.15, -0.1) is 24.0 Å². The zero-order valence-electron chi connectivity index (χ0n) is 14.3. The summed E-state index contributed by atoms with van der Waals surface area (Å²) in [7, 11) is 5.23. The summed E-state index contributed by atoms with van der Waals surface area (Å²) in [6.45, 7) is 4.67. The molecule has 1 rings (SSSR count). The van der Waals surface area contributed by atoms with Crippen LogP contribution in [0, 0.1) is 5.41 Å². The molecule has 22 heavy (non-hydrogen) atoms. The minimum atomic E-state index is 0. The van der Waals surface area contributed by atoms with Gasteiger partial charge in [-0.25, -0.2) is 4.99 Å². The number of carbonyl (C=O) groups excluding carboxylic acids is 1. The van der Waals surface area contributed by atoms with Crippen molar-refractivity contribution in [3.05, 3.63) is 0 Å². The van der Waals surface area contributed by atoms with Crippen LogP contribution < -0.4 is 10.6 Å². The third kappa shape index (κ3) is 7.13. The molecule has 0 aromatic rings. The van der Waals surface area contributed by atoms with Crippen LogP contribution in [-0.4, -0.2) is 64.2 Å². The van der Waals surface area contributed by atoms with Gasteiger partial charge in [-0.2, -0.15) is 0 Å². The van der Waals surface area contributed by atoms with Crippen molar-refractivity contribution >= 4 is 35.8 Å². The van der Waals surface area contributed by atoms with Gasteiger partial charge in [0.2, 0.25) is 5.91 Å². The summed E-state index contributed by atoms with van der Waals surface area (Å²) in [6, 6.07) is 0. The zero-order valence-corrected chi connectivity index (χ0v) is 16.6. The van der Waals surface area contributed by atoms with Crippen LogP contribution >= 0.6 is 24.0 Å². The van der Waals surface area contributed by atoms with Gasteiger partial charge in [0.15, 0.2) is 5.96 Å². The number of likely N-dealkylation sites (N-methyl/N-ethyl adjacent to an activating group) is 1. The molecule has 0 aromatic heterocycles. The summed E-state index contributed by atoms with van der Waals surface area (Å²) in [5, 5.41) is 6.57. The summed E-state index contributed by atoms with van der Waals surface area (Å²) in [5.41, 5.74) is 0.331. The topological polar surface area (TPSA) is 66.0 Å². The van der Waals surface area contributed by atoms with Gasteiger partial charge in [-0.1, -0.05) is 6.42 Å². The van der Waals surface area contributed by atoms with E-state index < -0.39 is 0 Å². The lowest BCUT2D eigenvalue weighted by molar-refractivity contribution is -0.127. The second-order valence-corrected chi connectivity index (χ2v) is 5.93. The van der Waals surface area contributed by atoms with Gasteiger partial charge in [0.25, 0.3) is 0 Å². The number of nitrogens with zero attached hydrogens (tertiary/aromatic N) is 2. The van der Waals surface area contributed by atoms with Crippen LogP contribution in [0.4, 0.5) is 0 Å². The third-order valence-corrected chi connectivity index (χ3v) is 4.10. The van der Waals surface area contributed by atoms with E-state index in [4.69, 9.17) is 4.74 Å². The summed E-state index contributed by atoms with van der Waals surface area (Å²) >= 11 is 0. The summed E-state index contributed by atoms with van der Waals surface area (Å²) in [4.78, 5) is 17.5. The van der Waals surface area contributed by atoms with Crippen LogP contribution in [0.5, 0.6) is 0 Å². The molecule has 1 amide bonds. The number of ether oxygens (including phenoxy) is 1. The van der Waals surface area contributed by atoms with Crippen molar-refractivity contribution in [2.24, 2.45) is 10.4 Å². The predicted molar refractivity (Wildman–Crippen MR) is 101 cm³/mol. The Hall–Kier alpha value is -0.570. The van der Waals surface area contributed by atoms with Crippen molar-refractivity contribution in [2.45, 2.75) is 32.6 Å². The Morgan fingerprint density at radius 2 is 2.00 bits per heavy atom. The number of nitrogens with one attached hydrogen (secondary N) is 2. The molecule has 0 atom stereocenters. The first-order valence-corrected chi connectivity index (χ1v) is 7.74. The van der Waals surface area contributed by atoms with E-state index in [1.165, 1.54) is 19.3 Å². The van der Waals surface area contributed by atoms with Gasteiger partial charge in [-0.3, -0.25) is 4.79 Å². The van der Waals surface area contributed by atoms with Crippen molar-refractivity contribution in [3.8, 4) is 0 Å². The summed E-state index contributed by atoms with van der Waals surface area (Å²) in [5.74, 6) is 0.723. The van der Waals surface area contributed by atoms with Gasteiger partial charge >= 0.3 is 0 Å². The predicted octanol–water partition coefficient (Wildman–Crippen LogP) is 1.45. The molecule has 1 fully saturated rings. The molecule has 1 saturated carbocycles. The average molecular weight is 426 g/mol. The van der Waals surface area contributed by atoms with E-state index in [9.17, 15) is 4.79 Å². The number of aliphatic imine (C=N–C) groups is 1. The number of amides is 1. The first kappa shape index (κ1) is 21.4. The molecule has 0 aromatic carbocycles. The van der Waals surface area contributed by atoms with Crippen LogP contribution in [0.2, 0.25) is 0 Å². The Morgan fingerprint density at radius 3 is 2.45 bits per heavy atom. The molecule has 0 heterocycles. The minimum absolute atomic E-state index is 0. The van der Waals surface area contributed by atoms with Crippen molar-refractivity contribution in [1.82, 2.24) is 15.5 Å². The van der Waals surface area contributed by atoms with Crippen LogP contribution in [0.25, 0.3) is 0 Å². The summed E-state index contributed by atoms with van der Waals surface area (Å²) in [6.07, 6.45) is 4.84. The van der Waals surface area contributed by atoms with E-state index in [2.05, 4.69) is 15.6 Å². The fourth-order valence-electron chi connectivity index (χ4n) is 2.41. The van der Waals surface area contributed by atoms with Gasteiger partial charge in [0.05, 0.1) is 0 Å². The summed E-state index contributed by atoms with van der Waals surface area (Å²) < 4.78 is 5.21. The van der Waals surface area contributed by atoms with Gasteiger partial charge in [0, 0.05) is 40.9 Å². The number of hydrogen-bond acceptors (Lipinski definition) is 3. The Morgan fingerprint density at radius 1 is 1.32 bits per heavy atom.